The van der Waals surface area contributed by atoms with Crippen LogP contribution >= 0.6 is 15.6 Å². The molecular formula is C83H136O17P2. The minimum Gasteiger partial charge on any atom is -0.462 e. The molecule has 0 bridgehead atoms. The Labute approximate surface area is 617 Å². The number of hydrogen-bond donors (Lipinski definition) is 3. The Hall–Kier alpha value is -5.32. The Morgan fingerprint density at radius 3 is 0.794 bits per heavy atom. The quantitative estimate of drug-likeness (QED) is 0.0169. The highest BCUT2D eigenvalue weighted by atomic mass is 31.2. The number of aliphatic hydroxyl groups excluding tert-OH is 1. The number of allylic oxidation sites excluding steroid dienone is 26. The van der Waals surface area contributed by atoms with E-state index in [1.54, 1.807) is 0 Å². The van der Waals surface area contributed by atoms with Crippen LogP contribution in [0.2, 0.25) is 0 Å². The molecule has 0 aliphatic rings. The van der Waals surface area contributed by atoms with E-state index in [1.807, 2.05) is 0 Å². The van der Waals surface area contributed by atoms with Gasteiger partial charge in [0.05, 0.1) is 26.4 Å². The summed E-state index contributed by atoms with van der Waals surface area (Å²) < 4.78 is 68.5. The fourth-order valence-corrected chi connectivity index (χ4v) is 11.2. The minimum absolute atomic E-state index is 0.0619. The maximum absolute atomic E-state index is 13.1. The number of aliphatic hydroxyl groups is 1. The van der Waals surface area contributed by atoms with Crippen LogP contribution in [0.15, 0.2) is 158 Å². The van der Waals surface area contributed by atoms with Gasteiger partial charge in [-0.2, -0.15) is 0 Å². The lowest BCUT2D eigenvalue weighted by Crippen LogP contribution is -2.30. The summed E-state index contributed by atoms with van der Waals surface area (Å²) in [5.41, 5.74) is 0. The average Bonchev–Trinajstić information content (AvgIpc) is 0.924. The zero-order chi connectivity index (χ0) is 74.6. The summed E-state index contributed by atoms with van der Waals surface area (Å²) in [5, 5.41) is 10.6. The van der Waals surface area contributed by atoms with Crippen molar-refractivity contribution in [1.29, 1.82) is 0 Å². The second-order valence-electron chi connectivity index (χ2n) is 25.1. The summed E-state index contributed by atoms with van der Waals surface area (Å²) in [7, 11) is -9.99. The molecular weight excluding hydrogens is 1330 g/mol. The molecule has 102 heavy (non-hydrogen) atoms. The van der Waals surface area contributed by atoms with Crippen molar-refractivity contribution >= 4 is 39.5 Å². The molecule has 3 N–H and O–H groups in total. The first-order chi connectivity index (χ1) is 49.7. The first-order valence-corrected chi connectivity index (χ1v) is 41.7. The SMILES string of the molecule is CC/C=C\C/C=C\C/C=C\C/C=C\C/C=C\CCCCCC(=O)OCC(COP(=O)(O)OCC(O)COP(=O)(O)OCC(COC(=O)CCCCCCC/C=C\C/C=C\C/C=C\CC)OC(=O)CCCCCCC/C=C\C/C=C\CCC)OC(=O)CCCCCCC/C=C\C/C=C\C/C=C\CC. The number of unbranched alkanes of at least 4 members (excludes halogenated alkanes) is 19. The Balaban J connectivity index is 5.43. The topological polar surface area (TPSA) is 237 Å². The van der Waals surface area contributed by atoms with E-state index in [2.05, 4.69) is 186 Å². The third kappa shape index (κ3) is 73.0. The van der Waals surface area contributed by atoms with Crippen LogP contribution in [0.4, 0.5) is 0 Å². The standard InChI is InChI=1S/C83H136O17P2/c1-5-9-13-17-21-25-29-33-36-37-38-39-42-45-48-52-56-60-64-68-81(86)94-74-79(100-83(88)70-66-62-58-54-50-46-41-35-31-27-23-19-15-11-7-3)76-98-102(91,92)96-72-77(84)71-95-101(89,90)97-75-78(99-82(87)69-65-61-57-53-49-43-32-28-24-20-16-12-8-4)73-93-80(85)67-63-59-55-51-47-44-40-34-30-26-22-18-14-10-6-2/h9-11,13-16,20-23,25-28,32-36,38-41,45,48,77-79,84H,5-8,12,17-19,24,29-31,37,42-44,46-47,49-76H2,1-4H3,(H,89,90)(H,91,92)/b13-9-,14-10-,15-11-,20-16-,25-21-,26-22-,27-23-,32-28-,36-33-,39-38-,40-34-,41-35-,48-45-. The Bertz CT molecular complexity index is 2550. The van der Waals surface area contributed by atoms with Gasteiger partial charge in [0.25, 0.3) is 0 Å². The molecule has 580 valence electrons. The fourth-order valence-electron chi connectivity index (χ4n) is 9.66. The number of carbonyl (C=O) groups is 4. The fraction of sp³-hybridized carbons (Fsp3) is 0.639. The van der Waals surface area contributed by atoms with Crippen LogP contribution in [0.1, 0.15) is 285 Å². The molecule has 0 aromatic rings. The summed E-state index contributed by atoms with van der Waals surface area (Å²) in [6.45, 7) is 4.36. The van der Waals surface area contributed by atoms with Crippen LogP contribution in [-0.4, -0.2) is 96.7 Å². The Kier molecular flexibility index (Phi) is 70.1. The Morgan fingerprint density at radius 2 is 0.510 bits per heavy atom. The van der Waals surface area contributed by atoms with Crippen molar-refractivity contribution in [3.63, 3.8) is 0 Å². The van der Waals surface area contributed by atoms with E-state index in [4.69, 9.17) is 37.0 Å². The van der Waals surface area contributed by atoms with Gasteiger partial charge in [0.1, 0.15) is 19.3 Å². The second kappa shape index (κ2) is 74.0. The summed E-state index contributed by atoms with van der Waals surface area (Å²) in [6, 6.07) is 0. The summed E-state index contributed by atoms with van der Waals surface area (Å²) in [6.07, 6.45) is 85.1. The zero-order valence-electron chi connectivity index (χ0n) is 63.2. The van der Waals surface area contributed by atoms with Crippen LogP contribution in [-0.2, 0) is 65.4 Å². The van der Waals surface area contributed by atoms with Crippen LogP contribution < -0.4 is 0 Å². The van der Waals surface area contributed by atoms with E-state index >= 15 is 0 Å². The highest BCUT2D eigenvalue weighted by Gasteiger charge is 2.30. The van der Waals surface area contributed by atoms with Gasteiger partial charge in [0.15, 0.2) is 12.2 Å². The van der Waals surface area contributed by atoms with Gasteiger partial charge in [-0.05, 0) is 161 Å². The lowest BCUT2D eigenvalue weighted by Gasteiger charge is -2.21. The van der Waals surface area contributed by atoms with Gasteiger partial charge < -0.3 is 33.8 Å². The number of carbonyl (C=O) groups excluding carboxylic acids is 4. The maximum atomic E-state index is 13.1. The molecule has 5 atom stereocenters. The van der Waals surface area contributed by atoms with E-state index < -0.39 is 97.5 Å². The normalized spacial score (nSPS) is 14.8. The zero-order valence-corrected chi connectivity index (χ0v) is 65.0. The first kappa shape index (κ1) is 96.7. The molecule has 17 nitrogen and oxygen atoms in total. The molecule has 0 heterocycles. The summed E-state index contributed by atoms with van der Waals surface area (Å²) in [4.78, 5) is 72.9. The van der Waals surface area contributed by atoms with E-state index in [9.17, 15) is 43.2 Å². The lowest BCUT2D eigenvalue weighted by molar-refractivity contribution is -0.161. The van der Waals surface area contributed by atoms with Gasteiger partial charge in [-0.3, -0.25) is 37.3 Å². The van der Waals surface area contributed by atoms with Gasteiger partial charge in [-0.25, -0.2) is 9.13 Å². The molecule has 0 spiro atoms. The van der Waals surface area contributed by atoms with Crippen molar-refractivity contribution in [1.82, 2.24) is 0 Å². The van der Waals surface area contributed by atoms with Crippen LogP contribution in [0, 0.1) is 0 Å². The van der Waals surface area contributed by atoms with Crippen LogP contribution in [0.3, 0.4) is 0 Å². The molecule has 0 rings (SSSR count). The number of rotatable bonds is 71. The molecule has 5 unspecified atom stereocenters. The number of phosphoric ester groups is 2. The molecule has 0 radical (unpaired) electrons. The summed E-state index contributed by atoms with van der Waals surface area (Å²) in [5.74, 6) is -2.27. The smallest absolute Gasteiger partial charge is 0.462 e. The molecule has 0 amide bonds. The van der Waals surface area contributed by atoms with Gasteiger partial charge in [0.2, 0.25) is 0 Å². The minimum atomic E-state index is -5.00. The monoisotopic (exact) mass is 1470 g/mol. The maximum Gasteiger partial charge on any atom is 0.472 e. The lowest BCUT2D eigenvalue weighted by atomic mass is 10.1. The van der Waals surface area contributed by atoms with Crippen molar-refractivity contribution in [2.45, 2.75) is 303 Å². The van der Waals surface area contributed by atoms with Gasteiger partial charge >= 0.3 is 39.5 Å². The highest BCUT2D eigenvalue weighted by Crippen LogP contribution is 2.45. The van der Waals surface area contributed by atoms with E-state index in [0.29, 0.717) is 25.7 Å². The van der Waals surface area contributed by atoms with E-state index in [0.717, 1.165) is 205 Å². The number of hydrogen-bond acceptors (Lipinski definition) is 15. The average molecular weight is 1470 g/mol. The Morgan fingerprint density at radius 1 is 0.284 bits per heavy atom. The third-order valence-electron chi connectivity index (χ3n) is 15.4. The van der Waals surface area contributed by atoms with Crippen LogP contribution in [0.5, 0.6) is 0 Å². The van der Waals surface area contributed by atoms with E-state index in [1.165, 1.54) is 0 Å². The molecule has 0 aliphatic heterocycles. The van der Waals surface area contributed by atoms with Crippen molar-refractivity contribution in [3.05, 3.63) is 158 Å². The second-order valence-corrected chi connectivity index (χ2v) is 28.1. The number of phosphoric acid groups is 2. The van der Waals surface area contributed by atoms with Crippen molar-refractivity contribution in [3.8, 4) is 0 Å². The van der Waals surface area contributed by atoms with Crippen molar-refractivity contribution in [2.24, 2.45) is 0 Å². The van der Waals surface area contributed by atoms with Gasteiger partial charge in [-0.1, -0.05) is 256 Å². The predicted octanol–water partition coefficient (Wildman–Crippen LogP) is 22.4. The molecule has 0 saturated carbocycles. The highest BCUT2D eigenvalue weighted by molar-refractivity contribution is 7.47. The van der Waals surface area contributed by atoms with Gasteiger partial charge in [0, 0.05) is 25.7 Å². The molecule has 0 saturated heterocycles. The third-order valence-corrected chi connectivity index (χ3v) is 17.4. The van der Waals surface area contributed by atoms with Gasteiger partial charge in [-0.15, -0.1) is 0 Å². The first-order valence-electron chi connectivity index (χ1n) is 38.7. The predicted molar refractivity (Wildman–Crippen MR) is 417 cm³/mol. The number of ether oxygens (including phenoxy) is 4. The number of esters is 4. The molecule has 0 aromatic heterocycles. The van der Waals surface area contributed by atoms with Crippen molar-refractivity contribution < 1.29 is 80.2 Å². The largest absolute Gasteiger partial charge is 0.472 e. The van der Waals surface area contributed by atoms with Crippen LogP contribution in [0.25, 0.3) is 0 Å². The summed E-state index contributed by atoms with van der Waals surface area (Å²) >= 11 is 0. The van der Waals surface area contributed by atoms with Crippen molar-refractivity contribution in [2.75, 3.05) is 39.6 Å². The molecule has 19 heteroatoms. The molecule has 0 fully saturated rings. The molecule has 0 aliphatic carbocycles. The molecule has 0 aromatic carbocycles. The van der Waals surface area contributed by atoms with E-state index in [-0.39, 0.29) is 25.7 Å².